The zero-order valence-corrected chi connectivity index (χ0v) is 14.0. The molecule has 138 valence electrons. The summed E-state index contributed by atoms with van der Waals surface area (Å²) in [5.74, 6) is 0.352. The first-order chi connectivity index (χ1) is 12.3. The van der Waals surface area contributed by atoms with Gasteiger partial charge in [0.25, 0.3) is 0 Å². The van der Waals surface area contributed by atoms with Gasteiger partial charge < -0.3 is 15.4 Å². The van der Waals surface area contributed by atoms with Gasteiger partial charge in [-0.25, -0.2) is 4.98 Å². The number of nitrogens with zero attached hydrogens (tertiary/aromatic N) is 2. The highest BCUT2D eigenvalue weighted by Gasteiger charge is 2.31. The van der Waals surface area contributed by atoms with Crippen molar-refractivity contribution in [3.05, 3.63) is 47.7 Å². The van der Waals surface area contributed by atoms with Gasteiger partial charge in [-0.15, -0.1) is 13.2 Å². The van der Waals surface area contributed by atoms with Gasteiger partial charge in [-0.3, -0.25) is 5.41 Å². The molecule has 5 nitrogen and oxygen atoms in total. The van der Waals surface area contributed by atoms with Crippen LogP contribution in [0.5, 0.6) is 5.75 Å². The molecule has 1 aromatic carbocycles. The molecule has 0 saturated carbocycles. The Balaban J connectivity index is 1.88. The summed E-state index contributed by atoms with van der Waals surface area (Å²) in [5.41, 5.74) is 6.82. The van der Waals surface area contributed by atoms with Crippen molar-refractivity contribution in [1.29, 1.82) is 5.41 Å². The molecule has 0 atom stereocenters. The molecule has 1 aromatic heterocycles. The fourth-order valence-corrected chi connectivity index (χ4v) is 2.97. The number of hydrogen-bond donors (Lipinski definition) is 2. The highest BCUT2D eigenvalue weighted by Crippen LogP contribution is 2.28. The van der Waals surface area contributed by atoms with Crippen molar-refractivity contribution in [2.75, 3.05) is 23.7 Å². The van der Waals surface area contributed by atoms with Gasteiger partial charge in [0.15, 0.2) is 0 Å². The van der Waals surface area contributed by atoms with Crippen molar-refractivity contribution in [3.8, 4) is 5.75 Å². The number of alkyl halides is 3. The van der Waals surface area contributed by atoms with Crippen molar-refractivity contribution in [2.24, 2.45) is 0 Å². The zero-order valence-electron chi connectivity index (χ0n) is 14.0. The number of halogens is 3. The third-order valence-electron chi connectivity index (χ3n) is 4.24. The number of hydrogen-bond acceptors (Lipinski definition) is 5. The van der Waals surface area contributed by atoms with Crippen LogP contribution in [0.4, 0.5) is 24.7 Å². The van der Waals surface area contributed by atoms with Gasteiger partial charge in [-0.2, -0.15) is 0 Å². The molecule has 3 N–H and O–H groups in total. The fourth-order valence-electron chi connectivity index (χ4n) is 2.97. The Morgan fingerprint density at radius 1 is 1.12 bits per heavy atom. The molecule has 3 rings (SSSR count). The summed E-state index contributed by atoms with van der Waals surface area (Å²) in [4.78, 5) is 6.50. The quantitative estimate of drug-likeness (QED) is 0.636. The zero-order chi connectivity index (χ0) is 18.7. The minimum atomic E-state index is -4.80. The average Bonchev–Trinajstić information content (AvgIpc) is 2.62. The molecule has 8 heteroatoms. The predicted molar refractivity (Wildman–Crippen MR) is 93.8 cm³/mol. The predicted octanol–water partition coefficient (Wildman–Crippen LogP) is 3.97. The first-order valence-electron chi connectivity index (χ1n) is 8.29. The van der Waals surface area contributed by atoms with Crippen molar-refractivity contribution in [1.82, 2.24) is 4.98 Å². The van der Waals surface area contributed by atoms with Crippen LogP contribution in [0, 0.1) is 5.41 Å². The number of nitrogen functional groups attached to an aromatic ring is 1. The topological polar surface area (TPSA) is 75.2 Å². The second kappa shape index (κ2) is 7.23. The molecule has 26 heavy (non-hydrogen) atoms. The summed E-state index contributed by atoms with van der Waals surface area (Å²) in [6.07, 6.45) is 0.169. The van der Waals surface area contributed by atoms with Crippen molar-refractivity contribution < 1.29 is 17.9 Å². The molecule has 2 heterocycles. The first-order valence-corrected chi connectivity index (χ1v) is 8.29. The van der Waals surface area contributed by atoms with E-state index in [-0.39, 0.29) is 17.0 Å². The van der Waals surface area contributed by atoms with E-state index < -0.39 is 12.1 Å². The van der Waals surface area contributed by atoms with E-state index in [0.29, 0.717) is 5.56 Å². The number of nitrogens with two attached hydrogens (primary N) is 1. The lowest BCUT2D eigenvalue weighted by Gasteiger charge is -2.28. The van der Waals surface area contributed by atoms with E-state index in [1.54, 1.807) is 18.3 Å². The molecule has 1 fully saturated rings. The maximum absolute atomic E-state index is 12.4. The van der Waals surface area contributed by atoms with Gasteiger partial charge >= 0.3 is 6.36 Å². The van der Waals surface area contributed by atoms with E-state index >= 15 is 0 Å². The lowest BCUT2D eigenvalue weighted by molar-refractivity contribution is -0.274. The standard InChI is InChI=1S/C18H19F3N4O/c19-18(20,21)26-13-4-5-15(22)14(11-13)17(23)12-6-7-24-16(10-12)25-8-2-1-3-9-25/h4-7,10-11,23H,1-3,8-9,22H2. The molecule has 1 aliphatic rings. The number of anilines is 2. The van der Waals surface area contributed by atoms with Gasteiger partial charge in [0, 0.05) is 36.1 Å². The van der Waals surface area contributed by atoms with Crippen molar-refractivity contribution >= 4 is 17.2 Å². The smallest absolute Gasteiger partial charge is 0.406 e. The fraction of sp³-hybridized carbons (Fsp3) is 0.333. The van der Waals surface area contributed by atoms with Crippen molar-refractivity contribution in [2.45, 2.75) is 25.6 Å². The average molecular weight is 364 g/mol. The Kier molecular flexibility index (Phi) is 5.01. The van der Waals surface area contributed by atoms with E-state index in [9.17, 15) is 13.2 Å². The van der Waals surface area contributed by atoms with E-state index in [4.69, 9.17) is 11.1 Å². The van der Waals surface area contributed by atoms with Crippen LogP contribution >= 0.6 is 0 Å². The van der Waals surface area contributed by atoms with Gasteiger partial charge in [-0.05, 0) is 49.6 Å². The number of piperidine rings is 1. The molecule has 0 amide bonds. The third kappa shape index (κ3) is 4.25. The molecular formula is C18H19F3N4O. The highest BCUT2D eigenvalue weighted by molar-refractivity contribution is 6.14. The SMILES string of the molecule is N=C(c1ccnc(N2CCCCC2)c1)c1cc(OC(F)(F)F)ccc1N. The molecule has 2 aromatic rings. The second-order valence-corrected chi connectivity index (χ2v) is 6.12. The maximum atomic E-state index is 12.4. The lowest BCUT2D eigenvalue weighted by Crippen LogP contribution is -2.30. The molecule has 0 bridgehead atoms. The maximum Gasteiger partial charge on any atom is 0.573 e. The summed E-state index contributed by atoms with van der Waals surface area (Å²) in [7, 11) is 0. The molecule has 0 aliphatic carbocycles. The molecule has 1 aliphatic heterocycles. The normalized spacial score (nSPS) is 15.0. The third-order valence-corrected chi connectivity index (χ3v) is 4.24. The van der Waals surface area contributed by atoms with Gasteiger partial charge in [0.05, 0.1) is 5.71 Å². The van der Waals surface area contributed by atoms with Crippen LogP contribution in [0.25, 0.3) is 0 Å². The first kappa shape index (κ1) is 18.0. The number of pyridine rings is 1. The molecule has 1 saturated heterocycles. The van der Waals surface area contributed by atoms with Gasteiger partial charge in [-0.1, -0.05) is 0 Å². The number of ether oxygens (including phenoxy) is 1. The van der Waals surface area contributed by atoms with E-state index in [2.05, 4.69) is 14.6 Å². The van der Waals surface area contributed by atoms with Crippen molar-refractivity contribution in [3.63, 3.8) is 0 Å². The van der Waals surface area contributed by atoms with Crippen LogP contribution in [0.15, 0.2) is 36.5 Å². The highest BCUT2D eigenvalue weighted by atomic mass is 19.4. The molecule has 0 radical (unpaired) electrons. The Morgan fingerprint density at radius 2 is 1.85 bits per heavy atom. The van der Waals surface area contributed by atoms with Gasteiger partial charge in [0.1, 0.15) is 11.6 Å². The van der Waals surface area contributed by atoms with E-state index in [1.807, 2.05) is 0 Å². The van der Waals surface area contributed by atoms with E-state index in [0.717, 1.165) is 43.9 Å². The summed E-state index contributed by atoms with van der Waals surface area (Å²) in [6.45, 7) is 1.81. The number of aromatic nitrogens is 1. The van der Waals surface area contributed by atoms with Crippen LogP contribution in [0.3, 0.4) is 0 Å². The summed E-state index contributed by atoms with van der Waals surface area (Å²) >= 11 is 0. The molecule has 0 unspecified atom stereocenters. The van der Waals surface area contributed by atoms with Crippen LogP contribution in [-0.4, -0.2) is 30.1 Å². The summed E-state index contributed by atoms with van der Waals surface area (Å²) in [6, 6.07) is 6.98. The summed E-state index contributed by atoms with van der Waals surface area (Å²) < 4.78 is 41.2. The number of benzene rings is 1. The van der Waals surface area contributed by atoms with E-state index in [1.165, 1.54) is 12.5 Å². The van der Waals surface area contributed by atoms with Gasteiger partial charge in [0.2, 0.25) is 0 Å². The summed E-state index contributed by atoms with van der Waals surface area (Å²) in [5, 5.41) is 8.39. The number of nitrogens with one attached hydrogen (secondary N) is 1. The Morgan fingerprint density at radius 3 is 2.54 bits per heavy atom. The molecular weight excluding hydrogens is 345 g/mol. The Hall–Kier alpha value is -2.77. The van der Waals surface area contributed by atoms with Crippen LogP contribution in [0.2, 0.25) is 0 Å². The second-order valence-electron chi connectivity index (χ2n) is 6.12. The minimum absolute atomic E-state index is 0.0239. The molecule has 0 spiro atoms. The van der Waals surface area contributed by atoms with Crippen LogP contribution in [-0.2, 0) is 0 Å². The monoisotopic (exact) mass is 364 g/mol. The largest absolute Gasteiger partial charge is 0.573 e. The Labute approximate surface area is 149 Å². The van der Waals surface area contributed by atoms with Crippen LogP contribution in [0.1, 0.15) is 30.4 Å². The van der Waals surface area contributed by atoms with Crippen LogP contribution < -0.4 is 15.4 Å². The Bertz CT molecular complexity index is 801. The lowest BCUT2D eigenvalue weighted by atomic mass is 10.0. The number of rotatable bonds is 4. The minimum Gasteiger partial charge on any atom is -0.406 e.